The quantitative estimate of drug-likeness (QED) is 0.0911. The summed E-state index contributed by atoms with van der Waals surface area (Å²) in [4.78, 5) is 0. The third-order valence-electron chi connectivity index (χ3n) is 10.9. The Bertz CT molecular complexity index is 1790. The minimum Gasteiger partial charge on any atom is -0.128 e. The number of fused-ring (bicyclic) bond motifs is 4. The van der Waals surface area contributed by atoms with Gasteiger partial charge in [0.1, 0.15) is 16.1 Å². The van der Waals surface area contributed by atoms with Crippen LogP contribution in [-0.2, 0) is 0 Å². The fourth-order valence-corrected chi connectivity index (χ4v) is 22.3. The maximum Gasteiger partial charge on any atom is 0.146 e. The fourth-order valence-electron chi connectivity index (χ4n) is 8.70. The van der Waals surface area contributed by atoms with Crippen molar-refractivity contribution in [1.82, 2.24) is 0 Å². The Morgan fingerprint density at radius 2 is 0.739 bits per heavy atom. The van der Waals surface area contributed by atoms with Crippen LogP contribution in [0.2, 0.25) is 33.2 Å². The Balaban J connectivity index is 2.02. The van der Waals surface area contributed by atoms with E-state index in [0.29, 0.717) is 33.2 Å². The van der Waals surface area contributed by atoms with Crippen LogP contribution in [0.25, 0.3) is 41.7 Å². The molecule has 46 heavy (non-hydrogen) atoms. The van der Waals surface area contributed by atoms with Gasteiger partial charge in [-0.3, -0.25) is 0 Å². The third kappa shape index (κ3) is 6.03. The zero-order valence-corrected chi connectivity index (χ0v) is 36.3. The van der Waals surface area contributed by atoms with Crippen molar-refractivity contribution >= 4 is 112 Å². The van der Waals surface area contributed by atoms with Crippen LogP contribution in [-0.4, -0.2) is 16.1 Å². The number of benzene rings is 3. The van der Waals surface area contributed by atoms with Crippen molar-refractivity contribution in [2.75, 3.05) is 0 Å². The summed E-state index contributed by atoms with van der Waals surface area (Å²) >= 11 is 11.2. The normalized spacial score (nSPS) is 13.0. The Morgan fingerprint density at radius 1 is 0.457 bits per heavy atom. The van der Waals surface area contributed by atoms with Gasteiger partial charge in [0.05, 0.1) is 7.57 Å². The first-order valence-electron chi connectivity index (χ1n) is 16.8. The molecule has 0 N–H and O–H groups in total. The predicted octanol–water partition coefficient (Wildman–Crippen LogP) is 15.1. The summed E-state index contributed by atoms with van der Waals surface area (Å²) in [6.45, 7) is 28.9. The molecule has 0 bridgehead atoms. The molecule has 0 fully saturated rings. The van der Waals surface area contributed by atoms with Crippen molar-refractivity contribution < 1.29 is 0 Å². The zero-order chi connectivity index (χ0) is 33.9. The standard InChI is InChI=1S/C40H48Br2S2Si2/c1-23(2)45(24(3)4,25(5)6)15-13-31-33-17-29-19-39(41)44-38(29)22-36(33)32(14-16-46(26(7)8,27(9)10)28(11)12)34-18-30-20-40(42)43-37(30)21-35(31)34/h17-28H,1-12H3. The molecule has 5 aromatic rings. The van der Waals surface area contributed by atoms with Crippen molar-refractivity contribution in [2.45, 2.75) is 116 Å². The van der Waals surface area contributed by atoms with E-state index in [1.54, 1.807) is 22.7 Å². The molecule has 3 aromatic carbocycles. The molecule has 242 valence electrons. The lowest BCUT2D eigenvalue weighted by molar-refractivity contribution is 0.838. The van der Waals surface area contributed by atoms with Crippen LogP contribution in [0.5, 0.6) is 0 Å². The van der Waals surface area contributed by atoms with Crippen LogP contribution in [0.3, 0.4) is 0 Å². The highest BCUT2D eigenvalue weighted by atomic mass is 79.9. The molecule has 0 unspecified atom stereocenters. The van der Waals surface area contributed by atoms with Gasteiger partial charge in [0.25, 0.3) is 0 Å². The average Bonchev–Trinajstić information content (AvgIpc) is 3.50. The van der Waals surface area contributed by atoms with Crippen molar-refractivity contribution in [2.24, 2.45) is 0 Å². The molecule has 0 aliphatic carbocycles. The van der Waals surface area contributed by atoms with Crippen molar-refractivity contribution in [3.05, 3.63) is 55.1 Å². The Labute approximate surface area is 304 Å². The fraction of sp³-hybridized carbons (Fsp3) is 0.450. The van der Waals surface area contributed by atoms with E-state index in [-0.39, 0.29) is 0 Å². The van der Waals surface area contributed by atoms with E-state index in [1.165, 1.54) is 52.8 Å². The van der Waals surface area contributed by atoms with E-state index in [9.17, 15) is 0 Å². The molecule has 0 spiro atoms. The van der Waals surface area contributed by atoms with E-state index in [4.69, 9.17) is 0 Å². The van der Waals surface area contributed by atoms with Crippen LogP contribution in [0.15, 0.2) is 44.0 Å². The van der Waals surface area contributed by atoms with Gasteiger partial charge in [0, 0.05) is 31.3 Å². The Kier molecular flexibility index (Phi) is 10.5. The van der Waals surface area contributed by atoms with Gasteiger partial charge in [-0.25, -0.2) is 0 Å². The number of hydrogen-bond acceptors (Lipinski definition) is 2. The highest BCUT2D eigenvalue weighted by Crippen LogP contribution is 2.45. The summed E-state index contributed by atoms with van der Waals surface area (Å²) in [5.41, 5.74) is 14.0. The first-order valence-corrected chi connectivity index (χ1v) is 24.5. The maximum absolute atomic E-state index is 4.11. The third-order valence-corrected chi connectivity index (χ3v) is 26.7. The zero-order valence-electron chi connectivity index (χ0n) is 29.5. The second-order valence-corrected chi connectivity index (χ2v) is 31.1. The monoisotopic (exact) mass is 806 g/mol. The lowest BCUT2D eigenvalue weighted by Crippen LogP contribution is -2.43. The van der Waals surface area contributed by atoms with Crippen LogP contribution >= 0.6 is 54.5 Å². The SMILES string of the molecule is CC(C)[Si](C#Cc1c2cc3cc(Br)sc3cc2c(C#C[Si](C(C)C)(C(C)C)C(C)C)c2cc3cc(Br)sc3cc12)(C(C)C)C(C)C. The van der Waals surface area contributed by atoms with Gasteiger partial charge in [-0.15, -0.1) is 33.8 Å². The molecular formula is C40H48Br2S2Si2. The molecule has 0 atom stereocenters. The van der Waals surface area contributed by atoms with E-state index in [0.717, 1.165) is 7.57 Å². The van der Waals surface area contributed by atoms with E-state index < -0.39 is 16.1 Å². The summed E-state index contributed by atoms with van der Waals surface area (Å²) in [5.74, 6) is 7.94. The molecule has 2 heterocycles. The molecule has 2 aromatic heterocycles. The van der Waals surface area contributed by atoms with Crippen molar-refractivity contribution in [3.8, 4) is 22.9 Å². The summed E-state index contributed by atoms with van der Waals surface area (Å²) in [6.07, 6.45) is 0. The molecule has 0 radical (unpaired) electrons. The lowest BCUT2D eigenvalue weighted by atomic mass is 9.91. The van der Waals surface area contributed by atoms with Crippen LogP contribution in [0.1, 0.15) is 94.2 Å². The molecule has 5 rings (SSSR count). The van der Waals surface area contributed by atoms with E-state index >= 15 is 0 Å². The molecule has 6 heteroatoms. The largest absolute Gasteiger partial charge is 0.146 e. The lowest BCUT2D eigenvalue weighted by Gasteiger charge is -2.38. The summed E-state index contributed by atoms with van der Waals surface area (Å²) in [6, 6.07) is 14.1. The van der Waals surface area contributed by atoms with Gasteiger partial charge < -0.3 is 0 Å². The van der Waals surface area contributed by atoms with Gasteiger partial charge in [-0.1, -0.05) is 94.9 Å². The number of hydrogen-bond donors (Lipinski definition) is 0. The highest BCUT2D eigenvalue weighted by molar-refractivity contribution is 9.11. The minimum absolute atomic E-state index is 0.573. The Hall–Kier alpha value is -1.39. The molecular weight excluding hydrogens is 761 g/mol. The maximum atomic E-state index is 4.11. The van der Waals surface area contributed by atoms with Crippen molar-refractivity contribution in [3.63, 3.8) is 0 Å². The second-order valence-electron chi connectivity index (χ2n) is 15.0. The van der Waals surface area contributed by atoms with Crippen LogP contribution in [0.4, 0.5) is 0 Å². The number of halogens is 2. The number of thiophene rings is 2. The smallest absolute Gasteiger partial charge is 0.128 e. The van der Waals surface area contributed by atoms with Crippen molar-refractivity contribution in [1.29, 1.82) is 0 Å². The van der Waals surface area contributed by atoms with Gasteiger partial charge in [-0.2, -0.15) is 0 Å². The first-order chi connectivity index (χ1) is 21.5. The van der Waals surface area contributed by atoms with Gasteiger partial charge in [0.2, 0.25) is 0 Å². The molecule has 0 saturated heterocycles. The molecule has 0 aliphatic rings. The summed E-state index contributed by atoms with van der Waals surface area (Å²) in [5, 5.41) is 7.49. The predicted molar refractivity (Wildman–Crippen MR) is 223 cm³/mol. The van der Waals surface area contributed by atoms with Crippen LogP contribution < -0.4 is 0 Å². The molecule has 0 aliphatic heterocycles. The van der Waals surface area contributed by atoms with Gasteiger partial charge in [-0.05, 0) is 123 Å². The highest BCUT2D eigenvalue weighted by Gasteiger charge is 2.43. The minimum atomic E-state index is -1.97. The first kappa shape index (κ1) is 35.9. The number of rotatable bonds is 6. The summed E-state index contributed by atoms with van der Waals surface area (Å²) in [7, 11) is -3.94. The topological polar surface area (TPSA) is 0 Å². The van der Waals surface area contributed by atoms with Crippen LogP contribution in [0, 0.1) is 22.9 Å². The summed E-state index contributed by atoms with van der Waals surface area (Å²) < 4.78 is 4.89. The second kappa shape index (κ2) is 13.5. The Morgan fingerprint density at radius 3 is 1.02 bits per heavy atom. The molecule has 0 amide bonds. The van der Waals surface area contributed by atoms with Gasteiger partial charge in [0.15, 0.2) is 0 Å². The average molecular weight is 809 g/mol. The molecule has 0 nitrogen and oxygen atoms in total. The molecule has 0 saturated carbocycles. The van der Waals surface area contributed by atoms with E-state index in [1.807, 2.05) is 0 Å². The van der Waals surface area contributed by atoms with E-state index in [2.05, 4.69) is 174 Å². The van der Waals surface area contributed by atoms with Gasteiger partial charge >= 0.3 is 0 Å².